The number of carbonyl (C=O) groups excluding carboxylic acids is 2. The minimum atomic E-state index is -0.278. The van der Waals surface area contributed by atoms with E-state index in [9.17, 15) is 14.4 Å². The molecule has 0 spiro atoms. The van der Waals surface area contributed by atoms with Crippen molar-refractivity contribution >= 4 is 28.4 Å². The van der Waals surface area contributed by atoms with E-state index in [-0.39, 0.29) is 23.8 Å². The highest BCUT2D eigenvalue weighted by Gasteiger charge is 2.09. The molecule has 0 atom stereocenters. The molecule has 0 unspecified atom stereocenters. The molecule has 3 rings (SSSR count). The summed E-state index contributed by atoms with van der Waals surface area (Å²) in [5.41, 5.74) is 1.54. The average Bonchev–Trinajstić information content (AvgIpc) is 2.69. The van der Waals surface area contributed by atoms with Crippen molar-refractivity contribution in [2.45, 2.75) is 19.9 Å². The van der Waals surface area contributed by atoms with Crippen molar-refractivity contribution in [3.63, 3.8) is 0 Å². The number of fused-ring (bicyclic) bond motifs is 1. The first-order chi connectivity index (χ1) is 13.1. The third-order valence-corrected chi connectivity index (χ3v) is 4.02. The topological polar surface area (TPSA) is 93.1 Å². The minimum Gasteiger partial charge on any atom is -0.352 e. The summed E-state index contributed by atoms with van der Waals surface area (Å²) >= 11 is 0. The number of hydrogen-bond acceptors (Lipinski definition) is 4. The van der Waals surface area contributed by atoms with Crippen LogP contribution in [0.5, 0.6) is 0 Å². The van der Waals surface area contributed by atoms with E-state index in [4.69, 9.17) is 0 Å². The second kappa shape index (κ2) is 8.27. The summed E-state index contributed by atoms with van der Waals surface area (Å²) in [4.78, 5) is 36.1. The van der Waals surface area contributed by atoms with Crippen LogP contribution in [0, 0.1) is 0 Å². The maximum absolute atomic E-state index is 12.3. The van der Waals surface area contributed by atoms with E-state index in [1.807, 2.05) is 6.92 Å². The summed E-state index contributed by atoms with van der Waals surface area (Å²) in [6.07, 6.45) is 2.08. The van der Waals surface area contributed by atoms with Gasteiger partial charge in [-0.05, 0) is 42.8 Å². The van der Waals surface area contributed by atoms with Crippen molar-refractivity contribution in [1.82, 2.24) is 15.1 Å². The first kappa shape index (κ1) is 18.3. The molecule has 138 valence electrons. The third-order valence-electron chi connectivity index (χ3n) is 4.02. The van der Waals surface area contributed by atoms with Crippen LogP contribution in [0.3, 0.4) is 0 Å². The molecular weight excluding hydrogens is 344 g/mol. The van der Waals surface area contributed by atoms with Crippen LogP contribution in [-0.4, -0.2) is 28.1 Å². The molecule has 0 bridgehead atoms. The van der Waals surface area contributed by atoms with E-state index in [0.717, 1.165) is 6.42 Å². The Morgan fingerprint density at radius 2 is 1.81 bits per heavy atom. The predicted octanol–water partition coefficient (Wildman–Crippen LogP) is 2.17. The van der Waals surface area contributed by atoms with Crippen LogP contribution in [0.1, 0.15) is 23.7 Å². The molecule has 7 nitrogen and oxygen atoms in total. The van der Waals surface area contributed by atoms with E-state index in [0.29, 0.717) is 28.7 Å². The zero-order valence-electron chi connectivity index (χ0n) is 14.9. The van der Waals surface area contributed by atoms with Gasteiger partial charge in [-0.1, -0.05) is 19.1 Å². The second-order valence-electron chi connectivity index (χ2n) is 6.07. The Hall–Kier alpha value is -3.48. The predicted molar refractivity (Wildman–Crippen MR) is 104 cm³/mol. The Bertz CT molecular complexity index is 1030. The number of benzene rings is 2. The fraction of sp³-hybridized carbons (Fsp3) is 0.200. The Balaban J connectivity index is 1.69. The van der Waals surface area contributed by atoms with Gasteiger partial charge in [0.25, 0.3) is 5.91 Å². The van der Waals surface area contributed by atoms with Gasteiger partial charge in [0, 0.05) is 23.2 Å². The Morgan fingerprint density at radius 3 is 2.56 bits per heavy atom. The van der Waals surface area contributed by atoms with Crippen molar-refractivity contribution in [2.24, 2.45) is 0 Å². The van der Waals surface area contributed by atoms with Gasteiger partial charge in [-0.25, -0.2) is 0 Å². The van der Waals surface area contributed by atoms with Crippen molar-refractivity contribution in [3.05, 3.63) is 70.5 Å². The minimum absolute atomic E-state index is 0.0282. The summed E-state index contributed by atoms with van der Waals surface area (Å²) in [6.45, 7) is 2.58. The SMILES string of the molecule is CCCNC(=O)c1ccc(NC(=O)Cn2ncc(=O)c3ccccc32)cc1. The number of hydrogen-bond donors (Lipinski definition) is 2. The van der Waals surface area contributed by atoms with Crippen LogP contribution in [-0.2, 0) is 11.3 Å². The van der Waals surface area contributed by atoms with Crippen molar-refractivity contribution in [3.8, 4) is 0 Å². The van der Waals surface area contributed by atoms with E-state index in [1.54, 1.807) is 48.5 Å². The lowest BCUT2D eigenvalue weighted by molar-refractivity contribution is -0.116. The van der Waals surface area contributed by atoms with Crippen molar-refractivity contribution < 1.29 is 9.59 Å². The lowest BCUT2D eigenvalue weighted by atomic mass is 10.2. The van der Waals surface area contributed by atoms with Crippen LogP contribution in [0.25, 0.3) is 10.9 Å². The maximum atomic E-state index is 12.3. The number of para-hydroxylation sites is 1. The van der Waals surface area contributed by atoms with E-state index < -0.39 is 0 Å². The molecule has 27 heavy (non-hydrogen) atoms. The average molecular weight is 364 g/mol. The summed E-state index contributed by atoms with van der Waals surface area (Å²) < 4.78 is 1.48. The number of carbonyl (C=O) groups is 2. The van der Waals surface area contributed by atoms with Crippen LogP contribution in [0.4, 0.5) is 5.69 Å². The van der Waals surface area contributed by atoms with E-state index >= 15 is 0 Å². The Labute approximate surface area is 156 Å². The highest BCUT2D eigenvalue weighted by atomic mass is 16.2. The lowest BCUT2D eigenvalue weighted by Crippen LogP contribution is -2.24. The molecule has 0 fully saturated rings. The van der Waals surface area contributed by atoms with Crippen LogP contribution < -0.4 is 16.1 Å². The number of anilines is 1. The molecule has 1 aromatic heterocycles. The monoisotopic (exact) mass is 364 g/mol. The van der Waals surface area contributed by atoms with Crippen LogP contribution in [0.2, 0.25) is 0 Å². The number of rotatable bonds is 6. The normalized spacial score (nSPS) is 10.6. The molecule has 0 aliphatic heterocycles. The van der Waals surface area contributed by atoms with Crippen molar-refractivity contribution in [2.75, 3.05) is 11.9 Å². The molecular formula is C20H20N4O3. The standard InChI is InChI=1S/C20H20N4O3/c1-2-11-21-20(27)14-7-9-15(10-8-14)23-19(26)13-24-17-6-4-3-5-16(17)18(25)12-22-24/h3-10,12H,2,11,13H2,1H3,(H,21,27)(H,23,26). The van der Waals surface area contributed by atoms with Gasteiger partial charge in [-0.3, -0.25) is 19.1 Å². The Kier molecular flexibility index (Phi) is 5.61. The maximum Gasteiger partial charge on any atom is 0.251 e. The Morgan fingerprint density at radius 1 is 1.07 bits per heavy atom. The van der Waals surface area contributed by atoms with Crippen LogP contribution >= 0.6 is 0 Å². The lowest BCUT2D eigenvalue weighted by Gasteiger charge is -2.10. The summed E-state index contributed by atoms with van der Waals surface area (Å²) in [5, 5.41) is 10.1. The molecule has 3 aromatic rings. The van der Waals surface area contributed by atoms with Crippen LogP contribution in [0.15, 0.2) is 59.5 Å². The van der Waals surface area contributed by atoms with Gasteiger partial charge in [-0.2, -0.15) is 5.10 Å². The number of amides is 2. The highest BCUT2D eigenvalue weighted by Crippen LogP contribution is 2.11. The van der Waals surface area contributed by atoms with Gasteiger partial charge >= 0.3 is 0 Å². The molecule has 1 heterocycles. The molecule has 0 aliphatic carbocycles. The largest absolute Gasteiger partial charge is 0.352 e. The van der Waals surface area contributed by atoms with Gasteiger partial charge < -0.3 is 10.6 Å². The zero-order valence-corrected chi connectivity index (χ0v) is 14.9. The first-order valence-electron chi connectivity index (χ1n) is 8.71. The molecule has 0 aliphatic rings. The quantitative estimate of drug-likeness (QED) is 0.701. The number of aromatic nitrogens is 2. The molecule has 0 saturated heterocycles. The molecule has 7 heteroatoms. The van der Waals surface area contributed by atoms with Gasteiger partial charge in [0.2, 0.25) is 11.3 Å². The summed E-state index contributed by atoms with van der Waals surface area (Å²) in [7, 11) is 0. The molecule has 0 radical (unpaired) electrons. The van der Waals surface area contributed by atoms with E-state index in [2.05, 4.69) is 15.7 Å². The van der Waals surface area contributed by atoms with Gasteiger partial charge in [0.05, 0.1) is 11.7 Å². The fourth-order valence-electron chi connectivity index (χ4n) is 2.67. The number of nitrogens with zero attached hydrogens (tertiary/aromatic N) is 2. The molecule has 2 N–H and O–H groups in total. The molecule has 0 saturated carbocycles. The molecule has 2 aromatic carbocycles. The van der Waals surface area contributed by atoms with E-state index in [1.165, 1.54) is 10.9 Å². The summed E-state index contributed by atoms with van der Waals surface area (Å²) in [5.74, 6) is -0.418. The van der Waals surface area contributed by atoms with Gasteiger partial charge in [0.15, 0.2) is 0 Å². The van der Waals surface area contributed by atoms with Gasteiger partial charge in [-0.15, -0.1) is 0 Å². The second-order valence-corrected chi connectivity index (χ2v) is 6.07. The first-order valence-corrected chi connectivity index (χ1v) is 8.71. The summed E-state index contributed by atoms with van der Waals surface area (Å²) in [6, 6.07) is 13.7. The zero-order chi connectivity index (χ0) is 19.2. The fourth-order valence-corrected chi connectivity index (χ4v) is 2.67. The van der Waals surface area contributed by atoms with Crippen molar-refractivity contribution in [1.29, 1.82) is 0 Å². The number of nitrogens with one attached hydrogen (secondary N) is 2. The highest BCUT2D eigenvalue weighted by molar-refractivity contribution is 5.96. The molecule has 2 amide bonds. The van der Waals surface area contributed by atoms with Gasteiger partial charge in [0.1, 0.15) is 6.54 Å². The smallest absolute Gasteiger partial charge is 0.251 e. The third kappa shape index (κ3) is 4.38.